The molecule has 0 heterocycles. The molecule has 0 fully saturated rings. The average Bonchev–Trinajstić information content (AvgIpc) is 2.13. The molecule has 0 unspecified atom stereocenters. The molecule has 1 rings (SSSR count). The summed E-state index contributed by atoms with van der Waals surface area (Å²) in [6, 6.07) is 2.45. The van der Waals surface area contributed by atoms with Crippen molar-refractivity contribution in [1.29, 1.82) is 0 Å². The van der Waals surface area contributed by atoms with Crippen LogP contribution in [0.2, 0.25) is 0 Å². The third-order valence-electron chi connectivity index (χ3n) is 2.26. The first-order valence-corrected chi connectivity index (χ1v) is 6.02. The Kier molecular flexibility index (Phi) is 5.35. The van der Waals surface area contributed by atoms with E-state index in [2.05, 4.69) is 6.07 Å². The molecule has 0 saturated heterocycles. The smallest absolute Gasteiger partial charge is 0.487 e. The van der Waals surface area contributed by atoms with E-state index in [1.807, 2.05) is 0 Å². The van der Waals surface area contributed by atoms with Crippen LogP contribution in [0.15, 0.2) is 4.90 Å². The second-order valence-corrected chi connectivity index (χ2v) is 4.90. The van der Waals surface area contributed by atoms with Crippen LogP contribution in [0, 0.1) is 19.9 Å². The van der Waals surface area contributed by atoms with Crippen LogP contribution in [-0.2, 0) is 10.1 Å². The number of carboxylic acids is 2. The van der Waals surface area contributed by atoms with Crippen molar-refractivity contribution in [3.63, 3.8) is 0 Å². The summed E-state index contributed by atoms with van der Waals surface area (Å²) < 4.78 is 31.4. The molecule has 1 aromatic carbocycles. The summed E-state index contributed by atoms with van der Waals surface area (Å²) in [6.07, 6.45) is 0. The first kappa shape index (κ1) is 17.7. The van der Waals surface area contributed by atoms with Gasteiger partial charge in [0.2, 0.25) is 0 Å². The number of carbonyl (C=O) groups is 2. The Morgan fingerprint density at radius 2 is 1.32 bits per heavy atom. The zero-order chi connectivity index (χ0) is 14.2. The van der Waals surface area contributed by atoms with Crippen molar-refractivity contribution in [3.8, 4) is 0 Å². The van der Waals surface area contributed by atoms with E-state index in [4.69, 9.17) is 14.8 Å². The van der Waals surface area contributed by atoms with E-state index in [0.29, 0.717) is 0 Å². The maximum Gasteiger partial charge on any atom is 1.00 e. The molecule has 0 aromatic heterocycles. The van der Waals surface area contributed by atoms with Crippen molar-refractivity contribution in [1.82, 2.24) is 0 Å². The van der Waals surface area contributed by atoms with Gasteiger partial charge >= 0.3 is 18.9 Å². The molecule has 0 amide bonds. The summed E-state index contributed by atoms with van der Waals surface area (Å²) in [5.74, 6) is -3.31. The SMILES string of the molecule is Cc1[c-]c(C)c(C(=O)O)c(S(=O)(=O)O)c1C(=O)O.[Li+]. The third-order valence-corrected chi connectivity index (χ3v) is 3.19. The number of benzene rings is 1. The van der Waals surface area contributed by atoms with Gasteiger partial charge in [0.25, 0.3) is 22.1 Å². The topological polar surface area (TPSA) is 129 Å². The van der Waals surface area contributed by atoms with E-state index in [-0.39, 0.29) is 30.0 Å². The van der Waals surface area contributed by atoms with E-state index < -0.39 is 38.1 Å². The molecule has 0 bridgehead atoms. The van der Waals surface area contributed by atoms with Gasteiger partial charge in [-0.1, -0.05) is 13.8 Å². The van der Waals surface area contributed by atoms with Gasteiger partial charge in [0.15, 0.2) is 0 Å². The molecule has 19 heavy (non-hydrogen) atoms. The van der Waals surface area contributed by atoms with Crippen LogP contribution in [-0.4, -0.2) is 35.1 Å². The summed E-state index contributed by atoms with van der Waals surface area (Å²) in [4.78, 5) is 20.9. The Morgan fingerprint density at radius 1 is 1.00 bits per heavy atom. The third kappa shape index (κ3) is 3.36. The summed E-state index contributed by atoms with van der Waals surface area (Å²) in [6.45, 7) is 2.52. The molecule has 98 valence electrons. The van der Waals surface area contributed by atoms with Crippen molar-refractivity contribution in [2.75, 3.05) is 0 Å². The number of rotatable bonds is 3. The predicted octanol–water partition coefficient (Wildman–Crippen LogP) is -2.25. The maximum absolute atomic E-state index is 11.2. The van der Waals surface area contributed by atoms with Gasteiger partial charge in [0.05, 0.1) is 0 Å². The minimum absolute atomic E-state index is 0. The van der Waals surface area contributed by atoms with Crippen LogP contribution in [0.1, 0.15) is 31.8 Å². The van der Waals surface area contributed by atoms with Crippen LogP contribution >= 0.6 is 0 Å². The van der Waals surface area contributed by atoms with Crippen molar-refractivity contribution in [2.45, 2.75) is 18.7 Å². The van der Waals surface area contributed by atoms with Crippen molar-refractivity contribution >= 4 is 22.1 Å². The molecule has 0 atom stereocenters. The molecule has 0 radical (unpaired) electrons. The second kappa shape index (κ2) is 5.75. The van der Waals surface area contributed by atoms with E-state index in [1.54, 1.807) is 0 Å². The van der Waals surface area contributed by atoms with Gasteiger partial charge in [0.1, 0.15) is 0 Å². The largest absolute Gasteiger partial charge is 1.00 e. The number of aryl methyl sites for hydroxylation is 2. The monoisotopic (exact) mass is 280 g/mol. The first-order chi connectivity index (χ1) is 8.07. The first-order valence-electron chi connectivity index (χ1n) is 4.58. The molecule has 7 nitrogen and oxygen atoms in total. The fourth-order valence-electron chi connectivity index (χ4n) is 1.64. The normalized spacial score (nSPS) is 10.7. The van der Waals surface area contributed by atoms with Crippen LogP contribution < -0.4 is 18.9 Å². The maximum atomic E-state index is 11.2. The Bertz CT molecular complexity index is 610. The van der Waals surface area contributed by atoms with E-state index >= 15 is 0 Å². The van der Waals surface area contributed by atoms with Crippen LogP contribution in [0.3, 0.4) is 0 Å². The molecule has 1 aromatic rings. The molecular weight excluding hydrogens is 271 g/mol. The fraction of sp³-hybridized carbons (Fsp3) is 0.200. The van der Waals surface area contributed by atoms with Gasteiger partial charge in [-0.05, 0) is 11.1 Å². The zero-order valence-electron chi connectivity index (χ0n) is 10.4. The second-order valence-electron chi connectivity index (χ2n) is 3.54. The number of carboxylic acid groups (broad SMARTS) is 2. The minimum atomic E-state index is -4.98. The van der Waals surface area contributed by atoms with E-state index in [9.17, 15) is 18.0 Å². The summed E-state index contributed by atoms with van der Waals surface area (Å²) in [7, 11) is -4.98. The molecule has 0 spiro atoms. The van der Waals surface area contributed by atoms with Gasteiger partial charge < -0.3 is 10.2 Å². The van der Waals surface area contributed by atoms with Gasteiger partial charge in [-0.15, -0.1) is 11.1 Å². The Morgan fingerprint density at radius 3 is 1.53 bits per heavy atom. The standard InChI is InChI=1S/C10H9O7S.Li/c1-4-3-5(2)7(10(13)14)8(18(15,16)17)6(4)9(11)12;/h1-2H3,(H,11,12)(H,13,14)(H,15,16,17);/q-1;+1. The Hall–Kier alpha value is -1.33. The van der Waals surface area contributed by atoms with Crippen molar-refractivity contribution < 1.29 is 51.6 Å². The molecule has 0 aliphatic carbocycles. The molecule has 0 aliphatic rings. The van der Waals surface area contributed by atoms with Gasteiger partial charge in [-0.2, -0.15) is 14.5 Å². The molecule has 9 heteroatoms. The van der Waals surface area contributed by atoms with Gasteiger partial charge in [0, 0.05) is 4.90 Å². The molecule has 3 N–H and O–H groups in total. The van der Waals surface area contributed by atoms with Gasteiger partial charge in [-0.25, -0.2) is 0 Å². The number of aromatic carboxylic acids is 2. The van der Waals surface area contributed by atoms with Gasteiger partial charge in [-0.3, -0.25) is 14.1 Å². The quantitative estimate of drug-likeness (QED) is 0.324. The van der Waals surface area contributed by atoms with Crippen molar-refractivity contribution in [3.05, 3.63) is 28.3 Å². The Balaban J connectivity index is 0.00000324. The summed E-state index contributed by atoms with van der Waals surface area (Å²) in [5, 5.41) is 17.8. The number of hydrogen-bond acceptors (Lipinski definition) is 4. The fourth-order valence-corrected chi connectivity index (χ4v) is 2.64. The Labute approximate surface area is 121 Å². The van der Waals surface area contributed by atoms with Crippen molar-refractivity contribution in [2.24, 2.45) is 0 Å². The van der Waals surface area contributed by atoms with Crippen LogP contribution in [0.4, 0.5) is 0 Å². The van der Waals surface area contributed by atoms with Crippen LogP contribution in [0.5, 0.6) is 0 Å². The zero-order valence-corrected chi connectivity index (χ0v) is 11.2. The summed E-state index contributed by atoms with van der Waals surface area (Å²) in [5.41, 5.74) is -1.73. The minimum Gasteiger partial charge on any atom is -0.487 e. The predicted molar refractivity (Wildman–Crippen MR) is 58.5 cm³/mol. The van der Waals surface area contributed by atoms with E-state index in [1.165, 1.54) is 13.8 Å². The average molecular weight is 280 g/mol. The molecule has 0 saturated carbocycles. The number of hydrogen-bond donors (Lipinski definition) is 3. The molecule has 0 aliphatic heterocycles. The van der Waals surface area contributed by atoms with E-state index in [0.717, 1.165) is 0 Å². The summed E-state index contributed by atoms with van der Waals surface area (Å²) >= 11 is 0. The molecular formula is C10H9LiO7S. The van der Waals surface area contributed by atoms with Crippen LogP contribution in [0.25, 0.3) is 0 Å².